The van der Waals surface area contributed by atoms with E-state index >= 15 is 0 Å². The van der Waals surface area contributed by atoms with Gasteiger partial charge in [0.1, 0.15) is 0 Å². The van der Waals surface area contributed by atoms with E-state index in [0.29, 0.717) is 5.92 Å². The van der Waals surface area contributed by atoms with Crippen LogP contribution in [0.15, 0.2) is 0 Å². The molecular weight excluding hydrogens is 154 g/mol. The van der Waals surface area contributed by atoms with Crippen molar-refractivity contribution < 1.29 is 10.2 Å². The van der Waals surface area contributed by atoms with Gasteiger partial charge in [-0.15, -0.1) is 0 Å². The molecule has 1 saturated heterocycles. The van der Waals surface area contributed by atoms with Gasteiger partial charge in [0.05, 0.1) is 12.2 Å². The molecule has 0 radical (unpaired) electrons. The largest absolute Gasteiger partial charge is 0.393 e. The SMILES string of the molecule is CC1CN(C[C@H](C)O)CCC1O. The molecule has 1 heterocycles. The second kappa shape index (κ2) is 4.21. The summed E-state index contributed by atoms with van der Waals surface area (Å²) in [5, 5.41) is 18.6. The van der Waals surface area contributed by atoms with Crippen LogP contribution in [0.25, 0.3) is 0 Å². The van der Waals surface area contributed by atoms with E-state index in [0.717, 1.165) is 26.1 Å². The van der Waals surface area contributed by atoms with E-state index in [-0.39, 0.29) is 12.2 Å². The standard InChI is InChI=1S/C9H19NO2/c1-7-5-10(6-8(2)11)4-3-9(7)12/h7-9,11-12H,3-6H2,1-2H3/t7?,8-,9?/m0/s1. The Morgan fingerprint density at radius 1 is 1.58 bits per heavy atom. The summed E-state index contributed by atoms with van der Waals surface area (Å²) in [6.45, 7) is 6.41. The van der Waals surface area contributed by atoms with Gasteiger partial charge in [0.2, 0.25) is 0 Å². The van der Waals surface area contributed by atoms with Gasteiger partial charge < -0.3 is 15.1 Å². The third-order valence-corrected chi connectivity index (χ3v) is 2.47. The van der Waals surface area contributed by atoms with Gasteiger partial charge in [-0.3, -0.25) is 0 Å². The predicted molar refractivity (Wildman–Crippen MR) is 47.9 cm³/mol. The lowest BCUT2D eigenvalue weighted by Gasteiger charge is -2.34. The molecule has 0 spiro atoms. The molecule has 0 saturated carbocycles. The van der Waals surface area contributed by atoms with Crippen molar-refractivity contribution in [2.24, 2.45) is 5.92 Å². The Hall–Kier alpha value is -0.120. The Labute approximate surface area is 74.0 Å². The minimum absolute atomic E-state index is 0.143. The first kappa shape index (κ1) is 9.96. The molecule has 2 N–H and O–H groups in total. The van der Waals surface area contributed by atoms with E-state index in [1.165, 1.54) is 0 Å². The maximum atomic E-state index is 9.44. The zero-order valence-corrected chi connectivity index (χ0v) is 7.90. The van der Waals surface area contributed by atoms with Crippen LogP contribution < -0.4 is 0 Å². The molecule has 1 rings (SSSR count). The van der Waals surface area contributed by atoms with E-state index in [4.69, 9.17) is 5.11 Å². The number of nitrogens with zero attached hydrogens (tertiary/aromatic N) is 1. The number of hydrogen-bond donors (Lipinski definition) is 2. The average Bonchev–Trinajstić information content (AvgIpc) is 1.96. The number of aliphatic hydroxyl groups is 2. The molecule has 0 aromatic rings. The molecule has 3 atom stereocenters. The summed E-state index contributed by atoms with van der Waals surface area (Å²) in [7, 11) is 0. The predicted octanol–water partition coefficient (Wildman–Crippen LogP) is 0.0699. The van der Waals surface area contributed by atoms with Gasteiger partial charge in [-0.25, -0.2) is 0 Å². The lowest BCUT2D eigenvalue weighted by atomic mass is 9.97. The fraction of sp³-hybridized carbons (Fsp3) is 1.00. The molecule has 3 heteroatoms. The molecule has 72 valence electrons. The molecule has 0 bridgehead atoms. The molecule has 1 aliphatic rings. The highest BCUT2D eigenvalue weighted by atomic mass is 16.3. The van der Waals surface area contributed by atoms with E-state index in [2.05, 4.69) is 11.8 Å². The third-order valence-electron chi connectivity index (χ3n) is 2.47. The fourth-order valence-corrected chi connectivity index (χ4v) is 1.76. The Bertz CT molecular complexity index is 138. The smallest absolute Gasteiger partial charge is 0.0639 e. The number of β-amino-alcohol motifs (C(OH)–C–C–N with tert-alkyl or cyclic N) is 1. The fourth-order valence-electron chi connectivity index (χ4n) is 1.76. The average molecular weight is 173 g/mol. The van der Waals surface area contributed by atoms with Crippen molar-refractivity contribution in [3.63, 3.8) is 0 Å². The van der Waals surface area contributed by atoms with Gasteiger partial charge in [-0.05, 0) is 19.3 Å². The van der Waals surface area contributed by atoms with Gasteiger partial charge in [0, 0.05) is 19.6 Å². The summed E-state index contributed by atoms with van der Waals surface area (Å²) >= 11 is 0. The Morgan fingerprint density at radius 3 is 2.75 bits per heavy atom. The molecule has 12 heavy (non-hydrogen) atoms. The summed E-state index contributed by atoms with van der Waals surface area (Å²) < 4.78 is 0. The number of rotatable bonds is 2. The molecule has 3 nitrogen and oxygen atoms in total. The maximum absolute atomic E-state index is 9.44. The first-order valence-corrected chi connectivity index (χ1v) is 4.68. The lowest BCUT2D eigenvalue weighted by Crippen LogP contribution is -2.44. The highest BCUT2D eigenvalue weighted by Gasteiger charge is 2.24. The Morgan fingerprint density at radius 2 is 2.25 bits per heavy atom. The summed E-state index contributed by atoms with van der Waals surface area (Å²) in [6, 6.07) is 0. The van der Waals surface area contributed by atoms with E-state index in [9.17, 15) is 5.11 Å². The minimum Gasteiger partial charge on any atom is -0.393 e. The molecule has 0 aromatic carbocycles. The summed E-state index contributed by atoms with van der Waals surface area (Å²) in [5.74, 6) is 0.345. The third kappa shape index (κ3) is 2.73. The molecular formula is C9H19NO2. The first-order valence-electron chi connectivity index (χ1n) is 4.68. The highest BCUT2D eigenvalue weighted by molar-refractivity contribution is 4.77. The van der Waals surface area contributed by atoms with Crippen molar-refractivity contribution in [2.45, 2.75) is 32.5 Å². The quantitative estimate of drug-likeness (QED) is 0.621. The maximum Gasteiger partial charge on any atom is 0.0639 e. The van der Waals surface area contributed by atoms with Crippen LogP contribution >= 0.6 is 0 Å². The van der Waals surface area contributed by atoms with Gasteiger partial charge in [0.15, 0.2) is 0 Å². The van der Waals surface area contributed by atoms with Crippen LogP contribution in [0.3, 0.4) is 0 Å². The van der Waals surface area contributed by atoms with Crippen LogP contribution in [0.1, 0.15) is 20.3 Å². The van der Waals surface area contributed by atoms with Crippen molar-refractivity contribution in [3.8, 4) is 0 Å². The molecule has 2 unspecified atom stereocenters. The molecule has 0 aromatic heterocycles. The zero-order chi connectivity index (χ0) is 9.14. The number of aliphatic hydroxyl groups excluding tert-OH is 2. The topological polar surface area (TPSA) is 43.7 Å². The van der Waals surface area contributed by atoms with Crippen LogP contribution in [-0.2, 0) is 0 Å². The molecule has 1 aliphatic heterocycles. The number of piperidine rings is 1. The first-order chi connectivity index (χ1) is 5.59. The van der Waals surface area contributed by atoms with Crippen LogP contribution in [0, 0.1) is 5.92 Å². The van der Waals surface area contributed by atoms with Crippen LogP contribution in [0.4, 0.5) is 0 Å². The normalized spacial score (nSPS) is 35.0. The van der Waals surface area contributed by atoms with Gasteiger partial charge in [0.25, 0.3) is 0 Å². The highest BCUT2D eigenvalue weighted by Crippen LogP contribution is 2.16. The van der Waals surface area contributed by atoms with Crippen LogP contribution in [-0.4, -0.2) is 47.0 Å². The van der Waals surface area contributed by atoms with Gasteiger partial charge >= 0.3 is 0 Å². The molecule has 0 aliphatic carbocycles. The summed E-state index contributed by atoms with van der Waals surface area (Å²) in [4.78, 5) is 2.21. The number of hydrogen-bond acceptors (Lipinski definition) is 3. The Kier molecular flexibility index (Phi) is 3.50. The van der Waals surface area contributed by atoms with E-state index in [1.807, 2.05) is 0 Å². The minimum atomic E-state index is -0.257. The lowest BCUT2D eigenvalue weighted by molar-refractivity contribution is 0.0180. The zero-order valence-electron chi connectivity index (χ0n) is 7.90. The van der Waals surface area contributed by atoms with E-state index in [1.54, 1.807) is 6.92 Å². The summed E-state index contributed by atoms with van der Waals surface area (Å²) in [6.07, 6.45) is 0.441. The van der Waals surface area contributed by atoms with Gasteiger partial charge in [-0.1, -0.05) is 6.92 Å². The van der Waals surface area contributed by atoms with Gasteiger partial charge in [-0.2, -0.15) is 0 Å². The second-order valence-corrected chi connectivity index (χ2v) is 3.94. The van der Waals surface area contributed by atoms with Crippen molar-refractivity contribution in [1.29, 1.82) is 0 Å². The van der Waals surface area contributed by atoms with Crippen molar-refractivity contribution in [2.75, 3.05) is 19.6 Å². The summed E-state index contributed by atoms with van der Waals surface area (Å²) in [5.41, 5.74) is 0. The molecule has 0 amide bonds. The molecule has 1 fully saturated rings. The van der Waals surface area contributed by atoms with Crippen molar-refractivity contribution in [1.82, 2.24) is 4.90 Å². The Balaban J connectivity index is 2.30. The monoisotopic (exact) mass is 173 g/mol. The van der Waals surface area contributed by atoms with E-state index < -0.39 is 0 Å². The second-order valence-electron chi connectivity index (χ2n) is 3.94. The van der Waals surface area contributed by atoms with Crippen LogP contribution in [0.2, 0.25) is 0 Å². The number of likely N-dealkylation sites (tertiary alicyclic amines) is 1. The van der Waals surface area contributed by atoms with Crippen LogP contribution in [0.5, 0.6) is 0 Å². The van der Waals surface area contributed by atoms with Crippen molar-refractivity contribution >= 4 is 0 Å². The van der Waals surface area contributed by atoms with Crippen molar-refractivity contribution in [3.05, 3.63) is 0 Å².